The van der Waals surface area contributed by atoms with Gasteiger partial charge in [-0.25, -0.2) is 0 Å². The number of aromatic nitrogens is 1. The summed E-state index contributed by atoms with van der Waals surface area (Å²) in [5, 5.41) is 0. The monoisotopic (exact) mass is 443 g/mol. The summed E-state index contributed by atoms with van der Waals surface area (Å²) in [6.45, 7) is 6.81. The molecule has 0 unspecified atom stereocenters. The van der Waals surface area contributed by atoms with Crippen LogP contribution >= 0.6 is 0 Å². The number of hydrogen-bond acceptors (Lipinski definition) is 4. The molecule has 0 aliphatic carbocycles. The molecule has 3 aromatic rings. The largest absolute Gasteiger partial charge is 0.496 e. The first kappa shape index (κ1) is 23.0. The fourth-order valence-corrected chi connectivity index (χ4v) is 4.87. The number of benzene rings is 2. The molecule has 1 fully saturated rings. The van der Waals surface area contributed by atoms with Crippen molar-refractivity contribution in [3.63, 3.8) is 0 Å². The average molecular weight is 444 g/mol. The summed E-state index contributed by atoms with van der Waals surface area (Å²) < 4.78 is 5.45. The Balaban J connectivity index is 1.43. The highest BCUT2D eigenvalue weighted by Gasteiger charge is 2.40. The zero-order valence-corrected chi connectivity index (χ0v) is 19.8. The molecular formula is C28H33N3O2. The van der Waals surface area contributed by atoms with Gasteiger partial charge in [0.1, 0.15) is 5.75 Å². The van der Waals surface area contributed by atoms with E-state index in [1.54, 1.807) is 13.3 Å². The third-order valence-electron chi connectivity index (χ3n) is 7.07. The molecule has 0 saturated carbocycles. The molecule has 5 heteroatoms. The molecular weight excluding hydrogens is 410 g/mol. The summed E-state index contributed by atoms with van der Waals surface area (Å²) in [4.78, 5) is 19.2. The van der Waals surface area contributed by atoms with Gasteiger partial charge in [0.25, 0.3) is 0 Å². The second kappa shape index (κ2) is 9.75. The van der Waals surface area contributed by atoms with Crippen molar-refractivity contribution >= 4 is 5.91 Å². The maximum Gasteiger partial charge on any atom is 0.224 e. The smallest absolute Gasteiger partial charge is 0.224 e. The Labute approximate surface area is 196 Å². The first-order valence-electron chi connectivity index (χ1n) is 11.6. The van der Waals surface area contributed by atoms with Crippen molar-refractivity contribution < 1.29 is 9.53 Å². The van der Waals surface area contributed by atoms with E-state index < -0.39 is 5.41 Å². The van der Waals surface area contributed by atoms with Crippen molar-refractivity contribution in [2.24, 2.45) is 11.1 Å². The van der Waals surface area contributed by atoms with E-state index in [4.69, 9.17) is 10.5 Å². The molecule has 2 heterocycles. The van der Waals surface area contributed by atoms with Crippen molar-refractivity contribution in [3.05, 3.63) is 83.2 Å². The quantitative estimate of drug-likeness (QED) is 0.575. The number of ether oxygens (including phenoxy) is 1. The van der Waals surface area contributed by atoms with Gasteiger partial charge in [0.05, 0.1) is 12.5 Å². The second-order valence-electron chi connectivity index (χ2n) is 9.28. The molecule has 0 bridgehead atoms. The maximum atomic E-state index is 12.6. The normalized spacial score (nSPS) is 15.8. The number of nitrogens with two attached hydrogens (primary N) is 1. The summed E-state index contributed by atoms with van der Waals surface area (Å²) in [5.41, 5.74) is 12.5. The minimum absolute atomic E-state index is 0.185. The Hall–Kier alpha value is -3.18. The lowest BCUT2D eigenvalue weighted by atomic mass is 9.73. The summed E-state index contributed by atoms with van der Waals surface area (Å²) in [6, 6.07) is 16.7. The molecule has 5 nitrogen and oxygen atoms in total. The van der Waals surface area contributed by atoms with Crippen LogP contribution in [0.4, 0.5) is 0 Å². The number of pyridine rings is 1. The van der Waals surface area contributed by atoms with Crippen molar-refractivity contribution in [2.45, 2.75) is 39.7 Å². The Morgan fingerprint density at radius 2 is 1.79 bits per heavy atom. The highest BCUT2D eigenvalue weighted by Crippen LogP contribution is 2.36. The SMILES string of the molecule is COc1cc(C)c(CN2CCC(Cc3ccc(-c4cccnc4)cc3)(C(N)=O)CC2)cc1C. The van der Waals surface area contributed by atoms with Crippen molar-refractivity contribution in [1.29, 1.82) is 0 Å². The van der Waals surface area contributed by atoms with Crippen LogP contribution in [0.25, 0.3) is 11.1 Å². The predicted octanol–water partition coefficient (Wildman–Crippen LogP) is 4.68. The van der Waals surface area contributed by atoms with Crippen LogP contribution in [0.3, 0.4) is 0 Å². The molecule has 1 amide bonds. The number of likely N-dealkylation sites (tertiary alicyclic amines) is 1. The van der Waals surface area contributed by atoms with E-state index >= 15 is 0 Å². The fourth-order valence-electron chi connectivity index (χ4n) is 4.87. The van der Waals surface area contributed by atoms with E-state index in [9.17, 15) is 4.79 Å². The summed E-state index contributed by atoms with van der Waals surface area (Å²) in [7, 11) is 1.71. The molecule has 1 saturated heterocycles. The van der Waals surface area contributed by atoms with Crippen molar-refractivity contribution in [1.82, 2.24) is 9.88 Å². The minimum atomic E-state index is -0.489. The maximum absolute atomic E-state index is 12.6. The van der Waals surface area contributed by atoms with Crippen LogP contribution in [0.15, 0.2) is 60.9 Å². The third-order valence-corrected chi connectivity index (χ3v) is 7.07. The molecule has 2 aromatic carbocycles. The Morgan fingerprint density at radius 1 is 1.06 bits per heavy atom. The second-order valence-corrected chi connectivity index (χ2v) is 9.28. The fraction of sp³-hybridized carbons (Fsp3) is 0.357. The van der Waals surface area contributed by atoms with Crippen molar-refractivity contribution in [2.75, 3.05) is 20.2 Å². The van der Waals surface area contributed by atoms with Gasteiger partial charge in [0, 0.05) is 18.9 Å². The standard InChI is InChI=1S/C28H33N3O2/c1-20-16-26(33-3)21(2)15-25(20)19-31-13-10-28(11-14-31,27(29)32)17-22-6-8-23(9-7-22)24-5-4-12-30-18-24/h4-9,12,15-16,18H,10-11,13-14,17,19H2,1-3H3,(H2,29,32). The predicted molar refractivity (Wildman–Crippen MR) is 132 cm³/mol. The van der Waals surface area contributed by atoms with E-state index in [-0.39, 0.29) is 5.91 Å². The van der Waals surface area contributed by atoms with Gasteiger partial charge in [0.2, 0.25) is 5.91 Å². The van der Waals surface area contributed by atoms with Gasteiger partial charge in [-0.3, -0.25) is 14.7 Å². The minimum Gasteiger partial charge on any atom is -0.496 e. The van der Waals surface area contributed by atoms with Crippen LogP contribution in [0.1, 0.15) is 35.1 Å². The van der Waals surface area contributed by atoms with Gasteiger partial charge >= 0.3 is 0 Å². The highest BCUT2D eigenvalue weighted by atomic mass is 16.5. The van der Waals surface area contributed by atoms with E-state index in [1.165, 1.54) is 11.1 Å². The number of aryl methyl sites for hydroxylation is 2. The first-order valence-corrected chi connectivity index (χ1v) is 11.6. The van der Waals surface area contributed by atoms with Crippen LogP contribution in [-0.4, -0.2) is 36.0 Å². The third kappa shape index (κ3) is 5.09. The number of rotatable bonds is 7. The summed E-state index contributed by atoms with van der Waals surface area (Å²) >= 11 is 0. The molecule has 2 N–H and O–H groups in total. The van der Waals surface area contributed by atoms with Gasteiger partial charge in [0.15, 0.2) is 0 Å². The lowest BCUT2D eigenvalue weighted by molar-refractivity contribution is -0.130. The average Bonchev–Trinajstić information content (AvgIpc) is 2.83. The Morgan fingerprint density at radius 3 is 2.39 bits per heavy atom. The summed E-state index contributed by atoms with van der Waals surface area (Å²) in [5.74, 6) is 0.743. The number of carbonyl (C=O) groups excluding carboxylic acids is 1. The Bertz CT molecular complexity index is 1100. The number of primary amides is 1. The molecule has 0 atom stereocenters. The van der Waals surface area contributed by atoms with Crippen LogP contribution in [0.5, 0.6) is 5.75 Å². The summed E-state index contributed by atoms with van der Waals surface area (Å²) in [6.07, 6.45) is 5.88. The molecule has 0 radical (unpaired) electrons. The number of hydrogen-bond donors (Lipinski definition) is 1. The van der Waals surface area contributed by atoms with Crippen LogP contribution < -0.4 is 10.5 Å². The number of piperidine rings is 1. The zero-order valence-electron chi connectivity index (χ0n) is 19.8. The van der Waals surface area contributed by atoms with Gasteiger partial charge < -0.3 is 10.5 Å². The van der Waals surface area contributed by atoms with Gasteiger partial charge in [-0.1, -0.05) is 36.4 Å². The zero-order chi connectivity index (χ0) is 23.4. The number of amides is 1. The van der Waals surface area contributed by atoms with Gasteiger partial charge in [-0.05, 0) is 91.7 Å². The molecule has 172 valence electrons. The van der Waals surface area contributed by atoms with Crippen LogP contribution in [-0.2, 0) is 17.8 Å². The lowest BCUT2D eigenvalue weighted by Crippen LogP contribution is -2.48. The van der Waals surface area contributed by atoms with Gasteiger partial charge in [-0.2, -0.15) is 0 Å². The topological polar surface area (TPSA) is 68.4 Å². The molecule has 0 spiro atoms. The molecule has 1 aliphatic rings. The van der Waals surface area contributed by atoms with E-state index in [0.717, 1.165) is 60.5 Å². The molecule has 4 rings (SSSR count). The lowest BCUT2D eigenvalue weighted by Gasteiger charge is -2.40. The Kier molecular flexibility index (Phi) is 6.80. The van der Waals surface area contributed by atoms with Crippen LogP contribution in [0.2, 0.25) is 0 Å². The number of carbonyl (C=O) groups is 1. The van der Waals surface area contributed by atoms with E-state index in [1.807, 2.05) is 12.3 Å². The first-order chi connectivity index (χ1) is 15.9. The van der Waals surface area contributed by atoms with E-state index in [0.29, 0.717) is 6.42 Å². The van der Waals surface area contributed by atoms with Crippen LogP contribution in [0, 0.1) is 19.3 Å². The van der Waals surface area contributed by atoms with Gasteiger partial charge in [-0.15, -0.1) is 0 Å². The number of methoxy groups -OCH3 is 1. The molecule has 33 heavy (non-hydrogen) atoms. The van der Waals surface area contributed by atoms with E-state index in [2.05, 4.69) is 66.2 Å². The molecule has 1 aromatic heterocycles. The van der Waals surface area contributed by atoms with Crippen molar-refractivity contribution in [3.8, 4) is 16.9 Å². The molecule has 1 aliphatic heterocycles. The highest BCUT2D eigenvalue weighted by molar-refractivity contribution is 5.81. The number of nitrogens with zero attached hydrogens (tertiary/aromatic N) is 2.